The zero-order valence-corrected chi connectivity index (χ0v) is 13.4. The van der Waals surface area contributed by atoms with E-state index in [9.17, 15) is 9.59 Å². The van der Waals surface area contributed by atoms with Gasteiger partial charge >= 0.3 is 0 Å². The summed E-state index contributed by atoms with van der Waals surface area (Å²) in [4.78, 5) is 32.3. The van der Waals surface area contributed by atoms with Crippen molar-refractivity contribution in [3.05, 3.63) is 48.6 Å². The number of carbonyl (C=O) groups excluding carboxylic acids is 2. The van der Waals surface area contributed by atoms with Gasteiger partial charge in [0.15, 0.2) is 0 Å². The van der Waals surface area contributed by atoms with E-state index in [1.807, 2.05) is 18.2 Å². The molecular formula is C17H20N4O3. The maximum Gasteiger partial charge on any atom is 0.232 e. The molecule has 3 rings (SSSR count). The number of piperazine rings is 1. The maximum atomic E-state index is 12.2. The molecule has 0 radical (unpaired) electrons. The molecular weight excluding hydrogens is 308 g/mol. The number of hydrogen-bond donors (Lipinski definition) is 1. The van der Waals surface area contributed by atoms with E-state index < -0.39 is 0 Å². The zero-order valence-electron chi connectivity index (χ0n) is 13.4. The molecule has 24 heavy (non-hydrogen) atoms. The first-order valence-corrected chi connectivity index (χ1v) is 7.95. The first-order chi connectivity index (χ1) is 11.7. The zero-order chi connectivity index (χ0) is 16.8. The Hall–Kier alpha value is -2.83. The Labute approximate surface area is 140 Å². The minimum absolute atomic E-state index is 0.135. The second-order valence-corrected chi connectivity index (χ2v) is 5.59. The molecule has 0 unspecified atom stereocenters. The summed E-state index contributed by atoms with van der Waals surface area (Å²) >= 11 is 0. The van der Waals surface area contributed by atoms with Gasteiger partial charge < -0.3 is 19.5 Å². The van der Waals surface area contributed by atoms with Gasteiger partial charge in [0.1, 0.15) is 18.0 Å². The lowest BCUT2D eigenvalue weighted by atomic mass is 10.2. The topological polar surface area (TPSA) is 78.7 Å². The number of nitrogens with zero attached hydrogens (tertiary/aromatic N) is 3. The molecule has 1 aliphatic heterocycles. The van der Waals surface area contributed by atoms with Crippen molar-refractivity contribution in [1.29, 1.82) is 0 Å². The van der Waals surface area contributed by atoms with Crippen molar-refractivity contribution >= 4 is 17.6 Å². The smallest absolute Gasteiger partial charge is 0.232 e. The Morgan fingerprint density at radius 2 is 1.96 bits per heavy atom. The average molecular weight is 328 g/mol. The van der Waals surface area contributed by atoms with Crippen LogP contribution in [0, 0.1) is 0 Å². The van der Waals surface area contributed by atoms with E-state index in [0.29, 0.717) is 25.4 Å². The van der Waals surface area contributed by atoms with Crippen molar-refractivity contribution in [2.24, 2.45) is 0 Å². The van der Waals surface area contributed by atoms with Gasteiger partial charge in [-0.05, 0) is 24.3 Å². The molecule has 0 spiro atoms. The van der Waals surface area contributed by atoms with E-state index >= 15 is 0 Å². The number of furan rings is 1. The molecule has 3 heterocycles. The Morgan fingerprint density at radius 3 is 2.62 bits per heavy atom. The number of amides is 2. The Balaban J connectivity index is 1.42. The fraction of sp³-hybridized carbons (Fsp3) is 0.353. The standard InChI is InChI=1S/C17H20N4O3/c22-16(19-13-14-4-3-11-24-14)12-17(23)21-9-7-20(8-10-21)15-5-1-2-6-18-15/h1-6,11H,7-10,12-13H2,(H,19,22). The van der Waals surface area contributed by atoms with E-state index in [1.165, 1.54) is 0 Å². The highest BCUT2D eigenvalue weighted by Gasteiger charge is 2.23. The Kier molecular flexibility index (Phi) is 5.10. The maximum absolute atomic E-state index is 12.2. The van der Waals surface area contributed by atoms with Crippen LogP contribution in [0.5, 0.6) is 0 Å². The van der Waals surface area contributed by atoms with Gasteiger partial charge in [-0.3, -0.25) is 9.59 Å². The molecule has 1 N–H and O–H groups in total. The molecule has 1 fully saturated rings. The summed E-state index contributed by atoms with van der Waals surface area (Å²) in [6.45, 7) is 2.93. The molecule has 0 aromatic carbocycles. The van der Waals surface area contributed by atoms with E-state index in [4.69, 9.17) is 4.42 Å². The van der Waals surface area contributed by atoms with E-state index in [-0.39, 0.29) is 18.2 Å². The van der Waals surface area contributed by atoms with Gasteiger partial charge in [-0.2, -0.15) is 0 Å². The van der Waals surface area contributed by atoms with Crippen LogP contribution in [-0.2, 0) is 16.1 Å². The number of carbonyl (C=O) groups is 2. The van der Waals surface area contributed by atoms with E-state index in [1.54, 1.807) is 29.5 Å². The van der Waals surface area contributed by atoms with Crippen molar-refractivity contribution in [3.8, 4) is 0 Å². The molecule has 7 nitrogen and oxygen atoms in total. The molecule has 2 amide bonds. The van der Waals surface area contributed by atoms with Crippen molar-refractivity contribution in [3.63, 3.8) is 0 Å². The molecule has 0 aliphatic carbocycles. The van der Waals surface area contributed by atoms with Crippen LogP contribution >= 0.6 is 0 Å². The predicted octanol–water partition coefficient (Wildman–Crippen LogP) is 1.03. The van der Waals surface area contributed by atoms with Gasteiger partial charge in [0.25, 0.3) is 0 Å². The molecule has 0 saturated carbocycles. The average Bonchev–Trinajstić information content (AvgIpc) is 3.14. The summed E-state index contributed by atoms with van der Waals surface area (Å²) in [6, 6.07) is 9.32. The monoisotopic (exact) mass is 328 g/mol. The summed E-state index contributed by atoms with van der Waals surface area (Å²) in [5.74, 6) is 1.15. The fourth-order valence-electron chi connectivity index (χ4n) is 2.64. The van der Waals surface area contributed by atoms with Crippen LogP contribution < -0.4 is 10.2 Å². The quantitative estimate of drug-likeness (QED) is 0.830. The Bertz CT molecular complexity index is 664. The first-order valence-electron chi connectivity index (χ1n) is 7.95. The van der Waals surface area contributed by atoms with E-state index in [2.05, 4.69) is 15.2 Å². The van der Waals surface area contributed by atoms with Gasteiger partial charge in [-0.1, -0.05) is 6.07 Å². The number of anilines is 1. The van der Waals surface area contributed by atoms with E-state index in [0.717, 1.165) is 18.9 Å². The van der Waals surface area contributed by atoms with Crippen LogP contribution in [0.1, 0.15) is 12.2 Å². The molecule has 126 valence electrons. The highest BCUT2D eigenvalue weighted by Crippen LogP contribution is 2.13. The number of hydrogen-bond acceptors (Lipinski definition) is 5. The highest BCUT2D eigenvalue weighted by molar-refractivity contribution is 5.96. The second kappa shape index (κ2) is 7.63. The number of pyridine rings is 1. The largest absolute Gasteiger partial charge is 0.467 e. The number of aromatic nitrogens is 1. The predicted molar refractivity (Wildman–Crippen MR) is 88.2 cm³/mol. The third-order valence-corrected chi connectivity index (χ3v) is 3.96. The van der Waals surface area contributed by atoms with Crippen LogP contribution in [0.15, 0.2) is 47.2 Å². The lowest BCUT2D eigenvalue weighted by Gasteiger charge is -2.35. The van der Waals surface area contributed by atoms with Crippen LogP contribution in [-0.4, -0.2) is 47.9 Å². The highest BCUT2D eigenvalue weighted by atomic mass is 16.3. The Morgan fingerprint density at radius 1 is 1.12 bits per heavy atom. The molecule has 7 heteroatoms. The molecule has 0 bridgehead atoms. The lowest BCUT2D eigenvalue weighted by molar-refractivity contribution is -0.136. The molecule has 1 saturated heterocycles. The lowest BCUT2D eigenvalue weighted by Crippen LogP contribution is -2.49. The van der Waals surface area contributed by atoms with Crippen LogP contribution in [0.25, 0.3) is 0 Å². The number of nitrogens with one attached hydrogen (secondary N) is 1. The molecule has 1 aliphatic rings. The minimum Gasteiger partial charge on any atom is -0.467 e. The van der Waals surface area contributed by atoms with Crippen LogP contribution in [0.4, 0.5) is 5.82 Å². The van der Waals surface area contributed by atoms with Crippen molar-refractivity contribution in [1.82, 2.24) is 15.2 Å². The van der Waals surface area contributed by atoms with Crippen molar-refractivity contribution in [2.45, 2.75) is 13.0 Å². The summed E-state index contributed by atoms with van der Waals surface area (Å²) < 4.78 is 5.14. The van der Waals surface area contributed by atoms with Gasteiger partial charge in [-0.25, -0.2) is 4.98 Å². The first kappa shape index (κ1) is 16.0. The fourth-order valence-corrected chi connectivity index (χ4v) is 2.64. The third-order valence-electron chi connectivity index (χ3n) is 3.96. The van der Waals surface area contributed by atoms with Crippen molar-refractivity contribution < 1.29 is 14.0 Å². The summed E-state index contributed by atoms with van der Waals surface area (Å²) in [5.41, 5.74) is 0. The van der Waals surface area contributed by atoms with Gasteiger partial charge in [0.05, 0.1) is 12.8 Å². The van der Waals surface area contributed by atoms with Crippen molar-refractivity contribution in [2.75, 3.05) is 31.1 Å². The molecule has 2 aromatic rings. The minimum atomic E-state index is -0.288. The normalized spacial score (nSPS) is 14.5. The summed E-state index contributed by atoms with van der Waals surface area (Å²) in [5, 5.41) is 2.69. The van der Waals surface area contributed by atoms with Crippen LogP contribution in [0.3, 0.4) is 0 Å². The molecule has 2 aromatic heterocycles. The van der Waals surface area contributed by atoms with Crippen LogP contribution in [0.2, 0.25) is 0 Å². The van der Waals surface area contributed by atoms with Gasteiger partial charge in [0, 0.05) is 32.4 Å². The van der Waals surface area contributed by atoms with Gasteiger partial charge in [0.2, 0.25) is 11.8 Å². The third kappa shape index (κ3) is 4.13. The SMILES string of the molecule is O=C(CC(=O)N1CCN(c2ccccn2)CC1)NCc1ccco1. The van der Waals surface area contributed by atoms with Gasteiger partial charge in [-0.15, -0.1) is 0 Å². The summed E-state index contributed by atoms with van der Waals surface area (Å²) in [6.07, 6.45) is 3.17. The molecule has 0 atom stereocenters. The summed E-state index contributed by atoms with van der Waals surface area (Å²) in [7, 11) is 0. The number of rotatable bonds is 5. The second-order valence-electron chi connectivity index (χ2n) is 5.59.